The third-order valence-corrected chi connectivity index (χ3v) is 2.57. The lowest BCUT2D eigenvalue weighted by molar-refractivity contribution is 0.159. The second-order valence-electron chi connectivity index (χ2n) is 3.37. The number of fused-ring (bicyclic) bond motifs is 1. The zero-order chi connectivity index (χ0) is 9.42. The molecule has 0 radical (unpaired) electrons. The average molecular weight is 181 g/mol. The summed E-state index contributed by atoms with van der Waals surface area (Å²) in [6.45, 7) is 0. The number of nitrogens with zero attached hydrogens (tertiary/aromatic N) is 1. The van der Waals surface area contributed by atoms with Crippen LogP contribution < -0.4 is 4.90 Å². The molecule has 0 spiro atoms. The predicted octanol–water partition coefficient (Wildman–Crippen LogP) is 1.53. The van der Waals surface area contributed by atoms with Gasteiger partial charge in [-0.1, -0.05) is 6.07 Å². The van der Waals surface area contributed by atoms with Gasteiger partial charge in [0, 0.05) is 18.3 Å². The molecule has 0 aliphatic carbocycles. The molecule has 0 unspecified atom stereocenters. The molecule has 1 aromatic carbocycles. The Kier molecular flexibility index (Phi) is 1.96. The smallest absolute Gasteiger partial charge is 0.128 e. The molecular formula is C10H12FNO. The molecule has 0 saturated carbocycles. The van der Waals surface area contributed by atoms with Gasteiger partial charge in [0.1, 0.15) is 12.0 Å². The van der Waals surface area contributed by atoms with Crippen LogP contribution in [0.1, 0.15) is 12.0 Å². The van der Waals surface area contributed by atoms with Crippen LogP contribution in [-0.4, -0.2) is 18.4 Å². The number of aliphatic hydroxyl groups is 1. The van der Waals surface area contributed by atoms with Crippen molar-refractivity contribution < 1.29 is 9.50 Å². The number of halogens is 1. The van der Waals surface area contributed by atoms with Crippen LogP contribution in [-0.2, 0) is 6.42 Å². The largest absolute Gasteiger partial charge is 0.374 e. The third-order valence-electron chi connectivity index (χ3n) is 2.57. The normalized spacial score (nSPS) is 21.5. The number of benzene rings is 1. The highest BCUT2D eigenvalue weighted by atomic mass is 19.1. The van der Waals surface area contributed by atoms with Crippen molar-refractivity contribution in [1.82, 2.24) is 0 Å². The van der Waals surface area contributed by atoms with Gasteiger partial charge < -0.3 is 10.0 Å². The highest BCUT2D eigenvalue weighted by molar-refractivity contribution is 5.55. The van der Waals surface area contributed by atoms with Gasteiger partial charge in [0.2, 0.25) is 0 Å². The van der Waals surface area contributed by atoms with E-state index in [1.54, 1.807) is 18.0 Å². The topological polar surface area (TPSA) is 23.5 Å². The van der Waals surface area contributed by atoms with Crippen molar-refractivity contribution in [2.24, 2.45) is 0 Å². The molecule has 1 aliphatic rings. The van der Waals surface area contributed by atoms with Gasteiger partial charge in [0.05, 0.1) is 0 Å². The van der Waals surface area contributed by atoms with Gasteiger partial charge in [-0.05, 0) is 25.0 Å². The van der Waals surface area contributed by atoms with Crippen LogP contribution in [0.15, 0.2) is 18.2 Å². The van der Waals surface area contributed by atoms with Crippen LogP contribution in [0.2, 0.25) is 0 Å². The lowest BCUT2D eigenvalue weighted by atomic mass is 10.0. The van der Waals surface area contributed by atoms with Crippen molar-refractivity contribution >= 4 is 5.69 Å². The van der Waals surface area contributed by atoms with Crippen LogP contribution >= 0.6 is 0 Å². The van der Waals surface area contributed by atoms with Crippen LogP contribution in [0.5, 0.6) is 0 Å². The fourth-order valence-electron chi connectivity index (χ4n) is 1.75. The monoisotopic (exact) mass is 181 g/mol. The first-order valence-electron chi connectivity index (χ1n) is 4.38. The van der Waals surface area contributed by atoms with Gasteiger partial charge in [-0.3, -0.25) is 0 Å². The lowest BCUT2D eigenvalue weighted by Gasteiger charge is -2.32. The third kappa shape index (κ3) is 1.29. The minimum absolute atomic E-state index is 0.170. The SMILES string of the molecule is CN1c2cccc(F)c2CC[C@H]1O. The molecule has 2 rings (SSSR count). The second-order valence-corrected chi connectivity index (χ2v) is 3.37. The zero-order valence-corrected chi connectivity index (χ0v) is 7.50. The number of aliphatic hydroxyl groups excluding tert-OH is 1. The van der Waals surface area contributed by atoms with E-state index < -0.39 is 6.23 Å². The molecule has 1 aromatic rings. The molecule has 1 aliphatic heterocycles. The summed E-state index contributed by atoms with van der Waals surface area (Å²) in [6.07, 6.45) is 0.743. The van der Waals surface area contributed by atoms with Gasteiger partial charge >= 0.3 is 0 Å². The predicted molar refractivity (Wildman–Crippen MR) is 49.1 cm³/mol. The van der Waals surface area contributed by atoms with Crippen molar-refractivity contribution in [2.45, 2.75) is 19.1 Å². The fraction of sp³-hybridized carbons (Fsp3) is 0.400. The van der Waals surface area contributed by atoms with Crippen LogP contribution in [0.25, 0.3) is 0 Å². The maximum absolute atomic E-state index is 13.3. The van der Waals surface area contributed by atoms with Gasteiger partial charge in [-0.15, -0.1) is 0 Å². The summed E-state index contributed by atoms with van der Waals surface area (Å²) in [4.78, 5) is 1.71. The average Bonchev–Trinajstić information content (AvgIpc) is 2.12. The highest BCUT2D eigenvalue weighted by Crippen LogP contribution is 2.29. The minimum Gasteiger partial charge on any atom is -0.374 e. The van der Waals surface area contributed by atoms with Gasteiger partial charge in [0.25, 0.3) is 0 Å². The van der Waals surface area contributed by atoms with E-state index in [0.717, 1.165) is 11.3 Å². The van der Waals surface area contributed by atoms with Crippen LogP contribution in [0.4, 0.5) is 10.1 Å². The number of hydrogen-bond acceptors (Lipinski definition) is 2. The van der Waals surface area contributed by atoms with Crippen molar-refractivity contribution in [2.75, 3.05) is 11.9 Å². The first-order valence-corrected chi connectivity index (χ1v) is 4.38. The summed E-state index contributed by atoms with van der Waals surface area (Å²) in [5.74, 6) is -0.170. The quantitative estimate of drug-likeness (QED) is 0.656. The first kappa shape index (κ1) is 8.51. The Morgan fingerprint density at radius 1 is 1.54 bits per heavy atom. The van der Waals surface area contributed by atoms with E-state index in [0.29, 0.717) is 12.8 Å². The number of hydrogen-bond donors (Lipinski definition) is 1. The van der Waals surface area contributed by atoms with E-state index in [4.69, 9.17) is 0 Å². The maximum atomic E-state index is 13.3. The van der Waals surface area contributed by atoms with E-state index in [9.17, 15) is 9.50 Å². The molecule has 70 valence electrons. The zero-order valence-electron chi connectivity index (χ0n) is 7.50. The summed E-state index contributed by atoms with van der Waals surface area (Å²) in [7, 11) is 1.78. The summed E-state index contributed by atoms with van der Waals surface area (Å²) in [6, 6.07) is 4.97. The molecule has 1 N–H and O–H groups in total. The van der Waals surface area contributed by atoms with Crippen LogP contribution in [0, 0.1) is 5.82 Å². The number of anilines is 1. The minimum atomic E-state index is -0.478. The van der Waals surface area contributed by atoms with Crippen LogP contribution in [0.3, 0.4) is 0 Å². The lowest BCUT2D eigenvalue weighted by Crippen LogP contribution is -2.36. The second kappa shape index (κ2) is 3.00. The summed E-state index contributed by atoms with van der Waals surface area (Å²) in [5.41, 5.74) is 1.52. The standard InChI is InChI=1S/C10H12FNO/c1-12-9-4-2-3-8(11)7(9)5-6-10(12)13/h2-4,10,13H,5-6H2,1H3/t10-/m1/s1. The van der Waals surface area contributed by atoms with Crippen molar-refractivity contribution in [1.29, 1.82) is 0 Å². The number of rotatable bonds is 0. The Hall–Kier alpha value is -1.09. The molecule has 0 saturated heterocycles. The van der Waals surface area contributed by atoms with E-state index in [1.807, 2.05) is 6.07 Å². The van der Waals surface area contributed by atoms with Crippen molar-refractivity contribution in [3.8, 4) is 0 Å². The summed E-state index contributed by atoms with van der Waals surface area (Å²) >= 11 is 0. The molecular weight excluding hydrogens is 169 g/mol. The van der Waals surface area contributed by atoms with Gasteiger partial charge in [-0.2, -0.15) is 0 Å². The molecule has 2 nitrogen and oxygen atoms in total. The summed E-state index contributed by atoms with van der Waals surface area (Å²) < 4.78 is 13.3. The Labute approximate surface area is 76.6 Å². The Morgan fingerprint density at radius 3 is 3.08 bits per heavy atom. The molecule has 3 heteroatoms. The van der Waals surface area contributed by atoms with E-state index in [1.165, 1.54) is 6.07 Å². The van der Waals surface area contributed by atoms with E-state index >= 15 is 0 Å². The molecule has 1 atom stereocenters. The Morgan fingerprint density at radius 2 is 2.31 bits per heavy atom. The van der Waals surface area contributed by atoms with Gasteiger partial charge in [0.15, 0.2) is 0 Å². The summed E-state index contributed by atoms with van der Waals surface area (Å²) in [5, 5.41) is 9.52. The first-order chi connectivity index (χ1) is 6.20. The highest BCUT2D eigenvalue weighted by Gasteiger charge is 2.22. The molecule has 0 fully saturated rings. The van der Waals surface area contributed by atoms with E-state index in [-0.39, 0.29) is 5.82 Å². The van der Waals surface area contributed by atoms with Crippen molar-refractivity contribution in [3.63, 3.8) is 0 Å². The molecule has 0 bridgehead atoms. The van der Waals surface area contributed by atoms with Crippen molar-refractivity contribution in [3.05, 3.63) is 29.6 Å². The molecule has 0 amide bonds. The maximum Gasteiger partial charge on any atom is 0.128 e. The van der Waals surface area contributed by atoms with Gasteiger partial charge in [-0.25, -0.2) is 4.39 Å². The Bertz CT molecular complexity index is 327. The fourth-order valence-corrected chi connectivity index (χ4v) is 1.75. The molecule has 1 heterocycles. The van der Waals surface area contributed by atoms with E-state index in [2.05, 4.69) is 0 Å². The Balaban J connectivity index is 2.49. The molecule has 0 aromatic heterocycles. The molecule has 13 heavy (non-hydrogen) atoms.